The second kappa shape index (κ2) is 5.57. The molecule has 0 fully saturated rings. The zero-order chi connectivity index (χ0) is 15.6. The molecule has 0 aliphatic carbocycles. The zero-order valence-corrected chi connectivity index (χ0v) is 12.3. The van der Waals surface area contributed by atoms with Gasteiger partial charge in [-0.3, -0.25) is 10.1 Å². The first-order valence-electron chi connectivity index (χ1n) is 6.01. The van der Waals surface area contributed by atoms with Gasteiger partial charge in [0.05, 0.1) is 17.7 Å². The summed E-state index contributed by atoms with van der Waals surface area (Å²) >= 11 is 0. The topological polar surface area (TPSA) is 93.7 Å². The minimum absolute atomic E-state index is 0.222. The van der Waals surface area contributed by atoms with Crippen molar-refractivity contribution in [2.24, 2.45) is 0 Å². The van der Waals surface area contributed by atoms with Gasteiger partial charge in [-0.2, -0.15) is 0 Å². The van der Waals surface area contributed by atoms with Crippen LogP contribution in [0, 0.1) is 10.1 Å². The fraction of sp³-hybridized carbons (Fsp3) is 0.231. The fourth-order valence-electron chi connectivity index (χ4n) is 2.02. The highest BCUT2D eigenvalue weighted by Gasteiger charge is 2.27. The molecule has 21 heavy (non-hydrogen) atoms. The zero-order valence-electron chi connectivity index (χ0n) is 11.5. The summed E-state index contributed by atoms with van der Waals surface area (Å²) in [6.45, 7) is 0.293. The van der Waals surface area contributed by atoms with Crippen molar-refractivity contribution in [3.05, 3.63) is 52.5 Å². The summed E-state index contributed by atoms with van der Waals surface area (Å²) < 4.78 is 28.6. The number of rotatable bonds is 5. The van der Waals surface area contributed by atoms with Crippen LogP contribution in [0.2, 0.25) is 0 Å². The number of sulfone groups is 1. The van der Waals surface area contributed by atoms with Crippen LogP contribution in [0.1, 0.15) is 5.76 Å². The molecule has 0 amide bonds. The second-order valence-electron chi connectivity index (χ2n) is 4.59. The van der Waals surface area contributed by atoms with Crippen LogP contribution < -0.4 is 4.90 Å². The first-order valence-corrected chi connectivity index (χ1v) is 7.91. The average molecular weight is 310 g/mol. The highest BCUT2D eigenvalue weighted by molar-refractivity contribution is 7.90. The van der Waals surface area contributed by atoms with E-state index in [2.05, 4.69) is 0 Å². The molecule has 0 N–H and O–H groups in total. The second-order valence-corrected chi connectivity index (χ2v) is 6.57. The van der Waals surface area contributed by atoms with Crippen LogP contribution in [0.25, 0.3) is 0 Å². The number of benzene rings is 1. The maximum atomic E-state index is 11.7. The van der Waals surface area contributed by atoms with Crippen molar-refractivity contribution in [1.82, 2.24) is 0 Å². The van der Waals surface area contributed by atoms with E-state index in [1.54, 1.807) is 24.1 Å². The molecule has 1 aromatic heterocycles. The highest BCUT2D eigenvalue weighted by Crippen LogP contribution is 2.34. The van der Waals surface area contributed by atoms with Gasteiger partial charge in [0.2, 0.25) is 0 Å². The van der Waals surface area contributed by atoms with Gasteiger partial charge in [-0.25, -0.2) is 8.42 Å². The van der Waals surface area contributed by atoms with Crippen LogP contribution in [-0.4, -0.2) is 26.6 Å². The molecule has 8 heteroatoms. The van der Waals surface area contributed by atoms with E-state index >= 15 is 0 Å². The van der Waals surface area contributed by atoms with Gasteiger partial charge in [0.15, 0.2) is 9.84 Å². The molecule has 0 aliphatic rings. The average Bonchev–Trinajstić information content (AvgIpc) is 2.89. The maximum Gasteiger partial charge on any atom is 0.311 e. The van der Waals surface area contributed by atoms with E-state index in [9.17, 15) is 18.5 Å². The van der Waals surface area contributed by atoms with Gasteiger partial charge in [0.25, 0.3) is 0 Å². The molecule has 0 saturated heterocycles. The van der Waals surface area contributed by atoms with E-state index in [0.29, 0.717) is 12.3 Å². The summed E-state index contributed by atoms with van der Waals surface area (Å²) in [5.41, 5.74) is -0.201. The van der Waals surface area contributed by atoms with Gasteiger partial charge in [-0.05, 0) is 24.3 Å². The third kappa shape index (κ3) is 3.22. The number of anilines is 1. The van der Waals surface area contributed by atoms with Crippen molar-refractivity contribution in [1.29, 1.82) is 0 Å². The number of hydrogen-bond donors (Lipinski definition) is 0. The van der Waals surface area contributed by atoms with Gasteiger partial charge in [-0.1, -0.05) is 6.07 Å². The van der Waals surface area contributed by atoms with Gasteiger partial charge >= 0.3 is 5.69 Å². The number of nitrogens with zero attached hydrogens (tertiary/aromatic N) is 2. The monoisotopic (exact) mass is 310 g/mol. The number of nitro groups is 1. The molecule has 2 rings (SSSR count). The predicted molar refractivity (Wildman–Crippen MR) is 77.0 cm³/mol. The Kier molecular flexibility index (Phi) is 3.99. The van der Waals surface area contributed by atoms with Gasteiger partial charge in [0, 0.05) is 13.3 Å². The molecular formula is C13H14N2O5S. The summed E-state index contributed by atoms with van der Waals surface area (Å²) in [6, 6.07) is 7.68. The Balaban J connectivity index is 2.50. The quantitative estimate of drug-likeness (QED) is 0.621. The molecule has 0 atom stereocenters. The number of nitro benzene ring substituents is 1. The van der Waals surface area contributed by atoms with Crippen molar-refractivity contribution in [2.75, 3.05) is 18.2 Å². The Morgan fingerprint density at radius 3 is 2.52 bits per heavy atom. The molecule has 112 valence electrons. The van der Waals surface area contributed by atoms with E-state index < -0.39 is 20.4 Å². The SMILES string of the molecule is CN(Cc1ccco1)c1cccc(S(C)(=O)=O)c1[N+](=O)[O-]. The number of para-hydroxylation sites is 1. The lowest BCUT2D eigenvalue weighted by Crippen LogP contribution is -2.18. The highest BCUT2D eigenvalue weighted by atomic mass is 32.2. The van der Waals surface area contributed by atoms with Crippen molar-refractivity contribution in [3.63, 3.8) is 0 Å². The normalized spacial score (nSPS) is 11.3. The van der Waals surface area contributed by atoms with Crippen molar-refractivity contribution >= 4 is 21.2 Å². The minimum Gasteiger partial charge on any atom is -0.467 e. The smallest absolute Gasteiger partial charge is 0.311 e. The molecule has 0 spiro atoms. The van der Waals surface area contributed by atoms with Crippen LogP contribution in [-0.2, 0) is 16.4 Å². The first-order chi connectivity index (χ1) is 9.80. The molecule has 0 unspecified atom stereocenters. The third-order valence-corrected chi connectivity index (χ3v) is 4.07. The van der Waals surface area contributed by atoms with Crippen molar-refractivity contribution < 1.29 is 17.8 Å². The summed E-state index contributed by atoms with van der Waals surface area (Å²) in [4.78, 5) is 11.9. The molecular weight excluding hydrogens is 296 g/mol. The van der Waals surface area contributed by atoms with E-state index in [1.807, 2.05) is 0 Å². The van der Waals surface area contributed by atoms with Crippen LogP contribution in [0.3, 0.4) is 0 Å². The molecule has 7 nitrogen and oxygen atoms in total. The van der Waals surface area contributed by atoms with Crippen LogP contribution in [0.15, 0.2) is 45.9 Å². The number of hydrogen-bond acceptors (Lipinski definition) is 6. The van der Waals surface area contributed by atoms with E-state index in [0.717, 1.165) is 6.26 Å². The Bertz CT molecular complexity index is 753. The molecule has 0 radical (unpaired) electrons. The van der Waals surface area contributed by atoms with Crippen LogP contribution >= 0.6 is 0 Å². The van der Waals surface area contributed by atoms with E-state index in [4.69, 9.17) is 4.42 Å². The van der Waals surface area contributed by atoms with E-state index in [1.165, 1.54) is 24.5 Å². The largest absolute Gasteiger partial charge is 0.467 e. The molecule has 0 aliphatic heterocycles. The Morgan fingerprint density at radius 1 is 1.29 bits per heavy atom. The Labute approximate surface area is 121 Å². The number of furan rings is 1. The predicted octanol–water partition coefficient (Wildman–Crippen LogP) is 2.23. The first kappa shape index (κ1) is 15.0. The lowest BCUT2D eigenvalue weighted by molar-refractivity contribution is -0.387. The molecule has 2 aromatic rings. The van der Waals surface area contributed by atoms with Gasteiger partial charge in [0.1, 0.15) is 16.3 Å². The maximum absolute atomic E-state index is 11.7. The Morgan fingerprint density at radius 2 is 2.00 bits per heavy atom. The molecule has 0 bridgehead atoms. The van der Waals surface area contributed by atoms with Gasteiger partial charge < -0.3 is 9.32 Å². The Hall–Kier alpha value is -2.35. The lowest BCUT2D eigenvalue weighted by atomic mass is 10.2. The van der Waals surface area contributed by atoms with Crippen LogP contribution in [0.5, 0.6) is 0 Å². The lowest BCUT2D eigenvalue weighted by Gasteiger charge is -2.18. The minimum atomic E-state index is -3.69. The van der Waals surface area contributed by atoms with Crippen molar-refractivity contribution in [2.45, 2.75) is 11.4 Å². The van der Waals surface area contributed by atoms with E-state index in [-0.39, 0.29) is 10.6 Å². The van der Waals surface area contributed by atoms with Gasteiger partial charge in [-0.15, -0.1) is 0 Å². The summed E-state index contributed by atoms with van der Waals surface area (Å²) in [5, 5.41) is 11.3. The standard InChI is InChI=1S/C13H14N2O5S/c1-14(9-10-5-4-8-20-10)11-6-3-7-12(21(2,18)19)13(11)15(16)17/h3-8H,9H2,1-2H3. The molecule has 1 heterocycles. The molecule has 0 saturated carbocycles. The van der Waals surface area contributed by atoms with Crippen molar-refractivity contribution in [3.8, 4) is 0 Å². The molecule has 1 aromatic carbocycles. The fourth-order valence-corrected chi connectivity index (χ4v) is 2.88. The van der Waals surface area contributed by atoms with Crippen LogP contribution in [0.4, 0.5) is 11.4 Å². The third-order valence-electron chi connectivity index (χ3n) is 2.94. The summed E-state index contributed by atoms with van der Waals surface area (Å²) in [7, 11) is -2.05. The summed E-state index contributed by atoms with van der Waals surface area (Å²) in [6.07, 6.45) is 2.45. The summed E-state index contributed by atoms with van der Waals surface area (Å²) in [5.74, 6) is 0.622.